The number of fused-ring (bicyclic) bond motifs is 1. The lowest BCUT2D eigenvalue weighted by molar-refractivity contribution is 0.102. The molecular formula is C21H15N5O2S. The van der Waals surface area contributed by atoms with Crippen molar-refractivity contribution in [1.29, 1.82) is 0 Å². The van der Waals surface area contributed by atoms with Gasteiger partial charge in [-0.1, -0.05) is 24.3 Å². The Morgan fingerprint density at radius 2 is 1.83 bits per heavy atom. The molecule has 3 N–H and O–H groups in total. The molecule has 0 unspecified atom stereocenters. The number of hydrogen-bond donors (Lipinski definition) is 3. The first-order valence-electron chi connectivity index (χ1n) is 8.90. The number of benzene rings is 2. The molecule has 142 valence electrons. The molecule has 0 spiro atoms. The summed E-state index contributed by atoms with van der Waals surface area (Å²) in [5, 5.41) is 9.51. The molecule has 0 atom stereocenters. The maximum atomic E-state index is 13.1. The van der Waals surface area contributed by atoms with E-state index in [4.69, 9.17) is 0 Å². The lowest BCUT2D eigenvalue weighted by Gasteiger charge is -2.05. The number of H-pyrrole nitrogens is 2. The van der Waals surface area contributed by atoms with E-state index in [0.29, 0.717) is 28.0 Å². The van der Waals surface area contributed by atoms with Crippen molar-refractivity contribution in [3.8, 4) is 16.3 Å². The van der Waals surface area contributed by atoms with Crippen molar-refractivity contribution in [3.63, 3.8) is 0 Å². The van der Waals surface area contributed by atoms with Gasteiger partial charge in [0.15, 0.2) is 0 Å². The molecule has 0 radical (unpaired) electrons. The van der Waals surface area contributed by atoms with Gasteiger partial charge in [0, 0.05) is 11.9 Å². The minimum absolute atomic E-state index is 0.271. The van der Waals surface area contributed by atoms with Gasteiger partial charge in [-0.15, -0.1) is 11.3 Å². The highest BCUT2D eigenvalue weighted by Gasteiger charge is 2.19. The summed E-state index contributed by atoms with van der Waals surface area (Å²) < 4.78 is 1.71. The Balaban J connectivity index is 1.53. The standard InChI is InChI=1S/C21H15N5O2S/c27-20(22-13-8-9-16-17(11-13)24-21(28)23-16)15-12-26(14-5-2-1-3-6-14)25-19(15)18-7-4-10-29-18/h1-12H,(H,22,27)(H2,23,24,28). The third-order valence-corrected chi connectivity index (χ3v) is 5.38. The first kappa shape index (κ1) is 17.2. The topological polar surface area (TPSA) is 95.6 Å². The van der Waals surface area contributed by atoms with Gasteiger partial charge in [-0.3, -0.25) is 4.79 Å². The number of nitrogens with zero attached hydrogens (tertiary/aromatic N) is 2. The zero-order valence-corrected chi connectivity index (χ0v) is 15.9. The molecule has 0 bridgehead atoms. The molecule has 3 heterocycles. The lowest BCUT2D eigenvalue weighted by Crippen LogP contribution is -2.12. The van der Waals surface area contributed by atoms with Crippen LogP contribution in [0.2, 0.25) is 0 Å². The Kier molecular flexibility index (Phi) is 4.10. The minimum Gasteiger partial charge on any atom is -0.322 e. The fourth-order valence-corrected chi connectivity index (χ4v) is 3.88. The summed E-state index contributed by atoms with van der Waals surface area (Å²) in [5.41, 5.74) is 3.58. The number of aromatic amines is 2. The average Bonchev–Trinajstić information content (AvgIpc) is 3.46. The number of carbonyl (C=O) groups is 1. The van der Waals surface area contributed by atoms with E-state index in [0.717, 1.165) is 10.6 Å². The third kappa shape index (κ3) is 3.26. The van der Waals surface area contributed by atoms with Gasteiger partial charge in [0.2, 0.25) is 0 Å². The Morgan fingerprint density at radius 3 is 2.62 bits per heavy atom. The number of thiophene rings is 1. The van der Waals surface area contributed by atoms with Gasteiger partial charge in [0.1, 0.15) is 5.69 Å². The summed E-state index contributed by atoms with van der Waals surface area (Å²) in [5.74, 6) is -0.271. The van der Waals surface area contributed by atoms with E-state index in [-0.39, 0.29) is 11.6 Å². The molecule has 0 saturated heterocycles. The third-order valence-electron chi connectivity index (χ3n) is 4.51. The van der Waals surface area contributed by atoms with Gasteiger partial charge in [-0.25, -0.2) is 9.48 Å². The summed E-state index contributed by atoms with van der Waals surface area (Å²) >= 11 is 1.53. The Labute approximate surface area is 168 Å². The quantitative estimate of drug-likeness (QED) is 0.424. The molecular weight excluding hydrogens is 386 g/mol. The molecule has 5 aromatic rings. The second-order valence-corrected chi connectivity index (χ2v) is 7.39. The summed E-state index contributed by atoms with van der Waals surface area (Å²) in [7, 11) is 0. The van der Waals surface area contributed by atoms with Crippen LogP contribution >= 0.6 is 11.3 Å². The highest BCUT2D eigenvalue weighted by molar-refractivity contribution is 7.13. The fraction of sp³-hybridized carbons (Fsp3) is 0. The van der Waals surface area contributed by atoms with E-state index in [1.807, 2.05) is 47.8 Å². The van der Waals surface area contributed by atoms with Crippen LogP contribution in [0.15, 0.2) is 77.0 Å². The molecule has 0 aliphatic carbocycles. The number of carbonyl (C=O) groups excluding carboxylic acids is 1. The van der Waals surface area contributed by atoms with Crippen molar-refractivity contribution in [2.45, 2.75) is 0 Å². The van der Waals surface area contributed by atoms with E-state index in [1.54, 1.807) is 29.1 Å². The van der Waals surface area contributed by atoms with Crippen molar-refractivity contribution < 1.29 is 4.79 Å². The van der Waals surface area contributed by atoms with Gasteiger partial charge in [-0.05, 0) is 41.8 Å². The maximum Gasteiger partial charge on any atom is 0.323 e. The highest BCUT2D eigenvalue weighted by Crippen LogP contribution is 2.28. The first-order valence-corrected chi connectivity index (χ1v) is 9.78. The predicted octanol–water partition coefficient (Wildman–Crippen LogP) is 4.02. The van der Waals surface area contributed by atoms with Crippen LogP contribution in [-0.4, -0.2) is 25.7 Å². The van der Waals surface area contributed by atoms with Crippen LogP contribution in [0.3, 0.4) is 0 Å². The van der Waals surface area contributed by atoms with Crippen LogP contribution in [0.5, 0.6) is 0 Å². The summed E-state index contributed by atoms with van der Waals surface area (Å²) in [6.07, 6.45) is 1.73. The largest absolute Gasteiger partial charge is 0.323 e. The number of nitrogens with one attached hydrogen (secondary N) is 3. The molecule has 3 aromatic heterocycles. The number of aromatic nitrogens is 4. The van der Waals surface area contributed by atoms with Crippen LogP contribution in [0.1, 0.15) is 10.4 Å². The normalized spacial score (nSPS) is 11.0. The molecule has 8 heteroatoms. The summed E-state index contributed by atoms with van der Waals surface area (Å²) in [6.45, 7) is 0. The van der Waals surface area contributed by atoms with Crippen molar-refractivity contribution in [2.24, 2.45) is 0 Å². The second kappa shape index (κ2) is 6.92. The Bertz CT molecular complexity index is 1360. The van der Waals surface area contributed by atoms with Crippen molar-refractivity contribution in [1.82, 2.24) is 19.7 Å². The predicted molar refractivity (Wildman–Crippen MR) is 114 cm³/mol. The molecule has 0 aliphatic rings. The number of imidazole rings is 1. The minimum atomic E-state index is -0.285. The molecule has 5 rings (SSSR count). The molecule has 2 aromatic carbocycles. The summed E-state index contributed by atoms with van der Waals surface area (Å²) in [6, 6.07) is 18.7. The van der Waals surface area contributed by atoms with Crippen molar-refractivity contribution in [3.05, 3.63) is 88.3 Å². The number of amides is 1. The first-order chi connectivity index (χ1) is 14.2. The van der Waals surface area contributed by atoms with Gasteiger partial charge in [0.05, 0.1) is 27.2 Å². The number of anilines is 1. The van der Waals surface area contributed by atoms with Gasteiger partial charge < -0.3 is 15.3 Å². The van der Waals surface area contributed by atoms with Crippen LogP contribution < -0.4 is 11.0 Å². The number of para-hydroxylation sites is 1. The van der Waals surface area contributed by atoms with E-state index in [1.165, 1.54) is 11.3 Å². The average molecular weight is 401 g/mol. The van der Waals surface area contributed by atoms with Crippen LogP contribution in [0, 0.1) is 0 Å². The Hall–Kier alpha value is -3.91. The monoisotopic (exact) mass is 401 g/mol. The van der Waals surface area contributed by atoms with Gasteiger partial charge in [0.25, 0.3) is 5.91 Å². The molecule has 0 fully saturated rings. The molecule has 0 aliphatic heterocycles. The van der Waals surface area contributed by atoms with E-state index >= 15 is 0 Å². The fourth-order valence-electron chi connectivity index (χ4n) is 3.16. The summed E-state index contributed by atoms with van der Waals surface area (Å²) in [4.78, 5) is 30.8. The van der Waals surface area contributed by atoms with E-state index in [2.05, 4.69) is 20.4 Å². The van der Waals surface area contributed by atoms with E-state index in [9.17, 15) is 9.59 Å². The van der Waals surface area contributed by atoms with Crippen molar-refractivity contribution >= 4 is 34.0 Å². The highest BCUT2D eigenvalue weighted by atomic mass is 32.1. The molecule has 7 nitrogen and oxygen atoms in total. The smallest absolute Gasteiger partial charge is 0.322 e. The maximum absolute atomic E-state index is 13.1. The van der Waals surface area contributed by atoms with E-state index < -0.39 is 0 Å². The molecule has 1 amide bonds. The van der Waals surface area contributed by atoms with Gasteiger partial charge >= 0.3 is 5.69 Å². The van der Waals surface area contributed by atoms with Crippen LogP contribution in [0.25, 0.3) is 27.3 Å². The zero-order chi connectivity index (χ0) is 19.8. The number of hydrogen-bond acceptors (Lipinski definition) is 4. The van der Waals surface area contributed by atoms with Crippen molar-refractivity contribution in [2.75, 3.05) is 5.32 Å². The Morgan fingerprint density at radius 1 is 1.00 bits per heavy atom. The SMILES string of the molecule is O=C(Nc1ccc2[nH]c(=O)[nH]c2c1)c1cn(-c2ccccc2)nc1-c1cccs1. The van der Waals surface area contributed by atoms with Crippen LogP contribution in [0.4, 0.5) is 5.69 Å². The lowest BCUT2D eigenvalue weighted by atomic mass is 10.2. The second-order valence-electron chi connectivity index (χ2n) is 6.44. The molecule has 29 heavy (non-hydrogen) atoms. The molecule has 0 saturated carbocycles. The van der Waals surface area contributed by atoms with Crippen LogP contribution in [-0.2, 0) is 0 Å². The van der Waals surface area contributed by atoms with Gasteiger partial charge in [-0.2, -0.15) is 5.10 Å². The number of rotatable bonds is 4. The zero-order valence-electron chi connectivity index (χ0n) is 15.0.